The van der Waals surface area contributed by atoms with E-state index in [2.05, 4.69) is 10.1 Å². The smallest absolute Gasteiger partial charge is 0.262 e. The summed E-state index contributed by atoms with van der Waals surface area (Å²) in [7, 11) is -2.17. The van der Waals surface area contributed by atoms with E-state index in [0.717, 1.165) is 0 Å². The van der Waals surface area contributed by atoms with Crippen molar-refractivity contribution >= 4 is 15.9 Å². The number of rotatable bonds is 6. The maximum Gasteiger partial charge on any atom is 0.262 e. The summed E-state index contributed by atoms with van der Waals surface area (Å²) in [5.74, 6) is -0.582. The molecule has 1 aliphatic heterocycles. The fourth-order valence-electron chi connectivity index (χ4n) is 3.61. The van der Waals surface area contributed by atoms with Gasteiger partial charge in [-0.3, -0.25) is 4.79 Å². The largest absolute Gasteiger partial charge is 0.369 e. The van der Waals surface area contributed by atoms with Crippen molar-refractivity contribution in [3.8, 4) is 11.3 Å². The molecule has 1 amide bonds. The molecule has 1 atom stereocenters. The van der Waals surface area contributed by atoms with Crippen LogP contribution in [0.5, 0.6) is 0 Å². The summed E-state index contributed by atoms with van der Waals surface area (Å²) in [4.78, 5) is 16.2. The number of nitrogens with zero attached hydrogens (tertiary/aromatic N) is 4. The van der Waals surface area contributed by atoms with Crippen LogP contribution in [-0.2, 0) is 28.3 Å². The molecule has 3 heterocycles. The van der Waals surface area contributed by atoms with E-state index in [1.165, 1.54) is 33.5 Å². The molecule has 4 rings (SSSR count). The Morgan fingerprint density at radius 3 is 2.70 bits per heavy atom. The first kappa shape index (κ1) is 20.2. The monoisotopic (exact) mass is 433 g/mol. The minimum atomic E-state index is -3.84. The number of hydrogen-bond acceptors (Lipinski definition) is 6. The van der Waals surface area contributed by atoms with Crippen LogP contribution in [-0.4, -0.2) is 46.4 Å². The van der Waals surface area contributed by atoms with Crippen LogP contribution >= 0.6 is 0 Å². The van der Waals surface area contributed by atoms with E-state index in [1.807, 2.05) is 0 Å². The first-order valence-corrected chi connectivity index (χ1v) is 10.6. The van der Waals surface area contributed by atoms with E-state index in [0.29, 0.717) is 17.0 Å². The third kappa shape index (κ3) is 3.61. The molecular formula is C19H20FN5O4S. The Kier molecular flexibility index (Phi) is 4.94. The molecular weight excluding hydrogens is 413 g/mol. The van der Waals surface area contributed by atoms with Crippen molar-refractivity contribution in [1.29, 1.82) is 0 Å². The van der Waals surface area contributed by atoms with Gasteiger partial charge in [0.15, 0.2) is 5.03 Å². The second-order valence-electron chi connectivity index (χ2n) is 7.47. The molecule has 1 aromatic carbocycles. The van der Waals surface area contributed by atoms with Gasteiger partial charge in [0, 0.05) is 44.4 Å². The topological polar surface area (TPSA) is 124 Å². The van der Waals surface area contributed by atoms with Gasteiger partial charge in [0.1, 0.15) is 17.3 Å². The summed E-state index contributed by atoms with van der Waals surface area (Å²) < 4.78 is 47.0. The second-order valence-corrected chi connectivity index (χ2v) is 9.36. The normalized spacial score (nSPS) is 19.9. The van der Waals surface area contributed by atoms with Crippen molar-refractivity contribution in [2.45, 2.75) is 17.9 Å². The number of aromatic nitrogens is 3. The van der Waals surface area contributed by atoms with Gasteiger partial charge in [-0.25, -0.2) is 17.8 Å². The number of nitrogens with two attached hydrogens (primary N) is 1. The SMILES string of the molecule is Cn1cnc(S(=O)(=O)N2CCC(Cc3cc(-c4ccc(F)cc4)no3)(C(N)=O)C2)c1. The zero-order valence-electron chi connectivity index (χ0n) is 16.2. The molecule has 0 aliphatic carbocycles. The summed E-state index contributed by atoms with van der Waals surface area (Å²) in [5, 5.41) is 3.89. The van der Waals surface area contributed by atoms with Gasteiger partial charge in [0.2, 0.25) is 5.91 Å². The number of carbonyl (C=O) groups excluding carboxylic acids is 1. The quantitative estimate of drug-likeness (QED) is 0.625. The van der Waals surface area contributed by atoms with Crippen molar-refractivity contribution in [3.63, 3.8) is 0 Å². The van der Waals surface area contributed by atoms with E-state index in [4.69, 9.17) is 10.3 Å². The van der Waals surface area contributed by atoms with E-state index in [1.54, 1.807) is 25.2 Å². The fraction of sp³-hybridized carbons (Fsp3) is 0.316. The molecule has 0 bridgehead atoms. The maximum atomic E-state index is 13.1. The van der Waals surface area contributed by atoms with Crippen LogP contribution in [0.2, 0.25) is 0 Å². The molecule has 2 aromatic heterocycles. The molecule has 158 valence electrons. The lowest BCUT2D eigenvalue weighted by atomic mass is 9.82. The van der Waals surface area contributed by atoms with Crippen LogP contribution in [0, 0.1) is 11.2 Å². The zero-order valence-corrected chi connectivity index (χ0v) is 17.0. The fourth-order valence-corrected chi connectivity index (χ4v) is 5.11. The van der Waals surface area contributed by atoms with Gasteiger partial charge < -0.3 is 14.8 Å². The molecule has 2 N–H and O–H groups in total. The summed E-state index contributed by atoms with van der Waals surface area (Å²) in [6, 6.07) is 7.40. The van der Waals surface area contributed by atoms with Crippen LogP contribution in [0.1, 0.15) is 12.2 Å². The molecule has 0 spiro atoms. The summed E-state index contributed by atoms with van der Waals surface area (Å²) >= 11 is 0. The predicted octanol–water partition coefficient (Wildman–Crippen LogP) is 1.32. The number of benzene rings is 1. The predicted molar refractivity (Wildman–Crippen MR) is 104 cm³/mol. The van der Waals surface area contributed by atoms with Crippen molar-refractivity contribution < 1.29 is 22.1 Å². The molecule has 3 aromatic rings. The van der Waals surface area contributed by atoms with E-state index < -0.39 is 21.3 Å². The molecule has 1 saturated heterocycles. The number of aryl methyl sites for hydroxylation is 1. The highest BCUT2D eigenvalue weighted by Crippen LogP contribution is 2.37. The lowest BCUT2D eigenvalue weighted by molar-refractivity contribution is -0.127. The molecule has 0 saturated carbocycles. The Bertz CT molecular complexity index is 1190. The molecule has 1 unspecified atom stereocenters. The lowest BCUT2D eigenvalue weighted by Crippen LogP contribution is -2.42. The standard InChI is InChI=1S/C19H20FN5O4S/c1-24-10-17(22-12-24)30(27,28)25-7-6-19(11-25,18(21)26)9-15-8-16(23-29-15)13-2-4-14(20)5-3-13/h2-5,8,10,12H,6-7,9,11H2,1H3,(H2,21,26). The number of carbonyl (C=O) groups is 1. The first-order chi connectivity index (χ1) is 14.2. The average molecular weight is 433 g/mol. The van der Waals surface area contributed by atoms with Gasteiger partial charge in [-0.15, -0.1) is 0 Å². The third-order valence-electron chi connectivity index (χ3n) is 5.34. The van der Waals surface area contributed by atoms with E-state index >= 15 is 0 Å². The van der Waals surface area contributed by atoms with Crippen molar-refractivity contribution in [1.82, 2.24) is 19.0 Å². The van der Waals surface area contributed by atoms with Gasteiger partial charge in [0.05, 0.1) is 11.7 Å². The molecule has 1 aliphatic rings. The van der Waals surface area contributed by atoms with Crippen molar-refractivity contribution in [3.05, 3.63) is 54.4 Å². The van der Waals surface area contributed by atoms with E-state index in [-0.39, 0.29) is 36.8 Å². The van der Waals surface area contributed by atoms with Gasteiger partial charge in [-0.1, -0.05) is 5.16 Å². The third-order valence-corrected chi connectivity index (χ3v) is 7.07. The molecule has 9 nitrogen and oxygen atoms in total. The first-order valence-electron chi connectivity index (χ1n) is 9.19. The minimum Gasteiger partial charge on any atom is -0.369 e. The molecule has 1 fully saturated rings. The lowest BCUT2D eigenvalue weighted by Gasteiger charge is -2.24. The van der Waals surface area contributed by atoms with Crippen LogP contribution in [0.3, 0.4) is 0 Å². The Balaban J connectivity index is 1.56. The minimum absolute atomic E-state index is 0.0756. The number of amides is 1. The average Bonchev–Trinajstić information content (AvgIpc) is 3.43. The summed E-state index contributed by atoms with van der Waals surface area (Å²) in [5.41, 5.74) is 5.70. The van der Waals surface area contributed by atoms with Crippen LogP contribution in [0.4, 0.5) is 4.39 Å². The van der Waals surface area contributed by atoms with Crippen LogP contribution < -0.4 is 5.73 Å². The Hall–Kier alpha value is -3.05. The maximum absolute atomic E-state index is 13.1. The summed E-state index contributed by atoms with van der Waals surface area (Å²) in [6.45, 7) is 0.0641. The van der Waals surface area contributed by atoms with Gasteiger partial charge in [-0.05, 0) is 30.7 Å². The molecule has 0 radical (unpaired) electrons. The van der Waals surface area contributed by atoms with Gasteiger partial charge >= 0.3 is 0 Å². The van der Waals surface area contributed by atoms with Gasteiger partial charge in [0.25, 0.3) is 10.0 Å². The van der Waals surface area contributed by atoms with Crippen LogP contribution in [0.25, 0.3) is 11.3 Å². The number of halogens is 1. The van der Waals surface area contributed by atoms with Crippen LogP contribution in [0.15, 0.2) is 52.4 Å². The molecule has 30 heavy (non-hydrogen) atoms. The Labute approximate surface area is 172 Å². The number of hydrogen-bond donors (Lipinski definition) is 1. The second kappa shape index (κ2) is 7.33. The number of sulfonamides is 1. The van der Waals surface area contributed by atoms with Crippen molar-refractivity contribution in [2.24, 2.45) is 18.2 Å². The Morgan fingerprint density at radius 2 is 2.07 bits per heavy atom. The molecule has 11 heteroatoms. The number of imidazole rings is 1. The highest BCUT2D eigenvalue weighted by atomic mass is 32.2. The van der Waals surface area contributed by atoms with Crippen molar-refractivity contribution in [2.75, 3.05) is 13.1 Å². The Morgan fingerprint density at radius 1 is 1.33 bits per heavy atom. The van der Waals surface area contributed by atoms with E-state index in [9.17, 15) is 17.6 Å². The van der Waals surface area contributed by atoms with Gasteiger partial charge in [-0.2, -0.15) is 4.31 Å². The zero-order chi connectivity index (χ0) is 21.5. The highest BCUT2D eigenvalue weighted by Gasteiger charge is 2.48. The summed E-state index contributed by atoms with van der Waals surface area (Å²) in [6.07, 6.45) is 3.16. The number of primary amides is 1. The highest BCUT2D eigenvalue weighted by molar-refractivity contribution is 7.89.